The lowest BCUT2D eigenvalue weighted by molar-refractivity contribution is -0.137. The number of carbonyl (C=O) groups excluding carboxylic acids is 2. The van der Waals surface area contributed by atoms with Gasteiger partial charge in [0.25, 0.3) is 5.91 Å². The highest BCUT2D eigenvalue weighted by Gasteiger charge is 2.32. The van der Waals surface area contributed by atoms with Crippen LogP contribution >= 0.6 is 11.3 Å². The molecule has 0 saturated heterocycles. The lowest BCUT2D eigenvalue weighted by atomic mass is 9.93. The number of thiazole rings is 1. The minimum absolute atomic E-state index is 0.109. The molecule has 1 N–H and O–H groups in total. The summed E-state index contributed by atoms with van der Waals surface area (Å²) >= 11 is 1.30. The lowest BCUT2D eigenvalue weighted by Gasteiger charge is -2.34. The summed E-state index contributed by atoms with van der Waals surface area (Å²) in [6.07, 6.45) is 0.0648. The number of nitrogens with one attached hydrogen (secondary N) is 1. The van der Waals surface area contributed by atoms with E-state index in [1.54, 1.807) is 0 Å². The number of hydrogen-bond donors (Lipinski definition) is 1. The molecule has 1 aliphatic carbocycles. The number of aryl methyl sites for hydroxylation is 1. The number of amides is 2. The van der Waals surface area contributed by atoms with Crippen LogP contribution in [0, 0.1) is 6.92 Å². The molecule has 1 saturated carbocycles. The van der Waals surface area contributed by atoms with Gasteiger partial charge in [-0.25, -0.2) is 4.98 Å². The smallest absolute Gasteiger partial charge is 0.326 e. The monoisotopic (exact) mass is 425 g/mol. The summed E-state index contributed by atoms with van der Waals surface area (Å²) in [7, 11) is 0. The van der Waals surface area contributed by atoms with Gasteiger partial charge >= 0.3 is 6.18 Å². The van der Waals surface area contributed by atoms with Gasteiger partial charge in [0.2, 0.25) is 5.91 Å². The Kier molecular flexibility index (Phi) is 6.56. The van der Waals surface area contributed by atoms with Crippen LogP contribution in [0.3, 0.4) is 0 Å². The van der Waals surface area contributed by atoms with E-state index in [4.69, 9.17) is 0 Å². The lowest BCUT2D eigenvalue weighted by Crippen LogP contribution is -2.45. The Balaban J connectivity index is 1.77. The number of anilines is 1. The van der Waals surface area contributed by atoms with Crippen molar-refractivity contribution < 1.29 is 22.8 Å². The van der Waals surface area contributed by atoms with Gasteiger partial charge in [0.15, 0.2) is 5.13 Å². The predicted octanol–water partition coefficient (Wildman–Crippen LogP) is 4.88. The number of nitrogens with zero attached hydrogens (tertiary/aromatic N) is 2. The summed E-state index contributed by atoms with van der Waals surface area (Å²) in [6.45, 7) is 1.65. The van der Waals surface area contributed by atoms with Crippen LogP contribution in [0.25, 0.3) is 0 Å². The molecule has 156 valence electrons. The molecule has 0 spiro atoms. The van der Waals surface area contributed by atoms with E-state index in [-0.39, 0.29) is 24.1 Å². The molecule has 0 radical (unpaired) electrons. The molecule has 0 bridgehead atoms. The van der Waals surface area contributed by atoms with Gasteiger partial charge in [-0.3, -0.25) is 9.59 Å². The van der Waals surface area contributed by atoms with Crippen molar-refractivity contribution in [2.75, 3.05) is 11.9 Å². The Labute approximate surface area is 170 Å². The van der Waals surface area contributed by atoms with Crippen LogP contribution in [0.15, 0.2) is 29.6 Å². The average Bonchev–Trinajstić information content (AvgIpc) is 3.10. The van der Waals surface area contributed by atoms with E-state index in [1.807, 2.05) is 12.3 Å². The van der Waals surface area contributed by atoms with Crippen molar-refractivity contribution in [2.24, 2.45) is 0 Å². The van der Waals surface area contributed by atoms with Crippen LogP contribution in [0.4, 0.5) is 18.3 Å². The normalized spacial score (nSPS) is 15.2. The van der Waals surface area contributed by atoms with E-state index < -0.39 is 17.6 Å². The highest BCUT2D eigenvalue weighted by atomic mass is 32.1. The summed E-state index contributed by atoms with van der Waals surface area (Å²) in [4.78, 5) is 31.2. The summed E-state index contributed by atoms with van der Waals surface area (Å²) in [6, 6.07) is 4.02. The van der Waals surface area contributed by atoms with Gasteiger partial charge in [-0.15, -0.1) is 11.3 Å². The quantitative estimate of drug-likeness (QED) is 0.742. The fourth-order valence-electron chi connectivity index (χ4n) is 3.45. The molecule has 1 fully saturated rings. The first-order valence-electron chi connectivity index (χ1n) is 9.44. The van der Waals surface area contributed by atoms with Crippen LogP contribution in [0.5, 0.6) is 0 Å². The van der Waals surface area contributed by atoms with E-state index in [1.165, 1.54) is 28.4 Å². The van der Waals surface area contributed by atoms with Gasteiger partial charge in [-0.1, -0.05) is 19.3 Å². The maximum absolute atomic E-state index is 13.0. The largest absolute Gasteiger partial charge is 0.416 e. The highest BCUT2D eigenvalue weighted by molar-refractivity contribution is 7.13. The Morgan fingerprint density at radius 3 is 2.38 bits per heavy atom. The van der Waals surface area contributed by atoms with Crippen molar-refractivity contribution in [2.45, 2.75) is 51.2 Å². The number of halogens is 3. The molecule has 5 nitrogen and oxygen atoms in total. The molecule has 29 heavy (non-hydrogen) atoms. The molecule has 2 amide bonds. The Morgan fingerprint density at radius 1 is 1.17 bits per heavy atom. The van der Waals surface area contributed by atoms with Crippen molar-refractivity contribution in [3.8, 4) is 0 Å². The van der Waals surface area contributed by atoms with Gasteiger partial charge in [-0.05, 0) is 44.0 Å². The average molecular weight is 425 g/mol. The van der Waals surface area contributed by atoms with Gasteiger partial charge in [-0.2, -0.15) is 13.2 Å². The molecule has 1 heterocycles. The second kappa shape index (κ2) is 8.94. The molecule has 1 aliphatic rings. The maximum atomic E-state index is 13.0. The van der Waals surface area contributed by atoms with Crippen molar-refractivity contribution in [1.29, 1.82) is 0 Å². The number of aromatic nitrogens is 1. The van der Waals surface area contributed by atoms with Gasteiger partial charge in [0, 0.05) is 17.0 Å². The van der Waals surface area contributed by atoms with Crippen LogP contribution in [0.2, 0.25) is 0 Å². The van der Waals surface area contributed by atoms with Crippen LogP contribution in [-0.4, -0.2) is 34.3 Å². The van der Waals surface area contributed by atoms with E-state index in [2.05, 4.69) is 10.3 Å². The second-order valence-electron chi connectivity index (χ2n) is 7.14. The molecular weight excluding hydrogens is 403 g/mol. The Hall–Kier alpha value is -2.42. The predicted molar refractivity (Wildman–Crippen MR) is 105 cm³/mol. The topological polar surface area (TPSA) is 62.3 Å². The molecule has 2 aromatic rings. The minimum Gasteiger partial charge on any atom is -0.326 e. The standard InChI is InChI=1S/C20H22F3N3O2S/c1-13-12-29-19(24-13)25-17(27)11-26(16-5-3-2-4-6-16)18(28)14-7-9-15(10-8-14)20(21,22)23/h7-10,12,16H,2-6,11H2,1H3,(H,24,25,27). The van der Waals surface area contributed by atoms with Crippen molar-refractivity contribution >= 4 is 28.3 Å². The fraction of sp³-hybridized carbons (Fsp3) is 0.450. The second-order valence-corrected chi connectivity index (χ2v) is 8.00. The third kappa shape index (κ3) is 5.56. The molecule has 0 unspecified atom stereocenters. The Bertz CT molecular complexity index is 859. The van der Waals surface area contributed by atoms with Crippen LogP contribution < -0.4 is 5.32 Å². The van der Waals surface area contributed by atoms with Crippen molar-refractivity contribution in [3.05, 3.63) is 46.5 Å². The first-order valence-corrected chi connectivity index (χ1v) is 10.3. The number of rotatable bonds is 5. The van der Waals surface area contributed by atoms with Crippen molar-refractivity contribution in [3.63, 3.8) is 0 Å². The summed E-state index contributed by atoms with van der Waals surface area (Å²) in [5, 5.41) is 4.96. The van der Waals surface area contributed by atoms with Crippen LogP contribution in [-0.2, 0) is 11.0 Å². The number of hydrogen-bond acceptors (Lipinski definition) is 4. The van der Waals surface area contributed by atoms with E-state index in [9.17, 15) is 22.8 Å². The zero-order valence-corrected chi connectivity index (χ0v) is 16.8. The molecule has 0 aliphatic heterocycles. The van der Waals surface area contributed by atoms with Gasteiger partial charge in [0.05, 0.1) is 11.3 Å². The third-order valence-corrected chi connectivity index (χ3v) is 5.79. The zero-order chi connectivity index (χ0) is 21.0. The summed E-state index contributed by atoms with van der Waals surface area (Å²) < 4.78 is 38.4. The maximum Gasteiger partial charge on any atom is 0.416 e. The minimum atomic E-state index is -4.46. The fourth-order valence-corrected chi connectivity index (χ4v) is 4.16. The third-order valence-electron chi connectivity index (χ3n) is 4.91. The SMILES string of the molecule is Cc1csc(NC(=O)CN(C(=O)c2ccc(C(F)(F)F)cc2)C2CCCCC2)n1. The number of alkyl halides is 3. The molecule has 9 heteroatoms. The van der Waals surface area contributed by atoms with Gasteiger partial charge in [0.1, 0.15) is 6.54 Å². The highest BCUT2D eigenvalue weighted by Crippen LogP contribution is 2.30. The number of carbonyl (C=O) groups is 2. The van der Waals surface area contributed by atoms with Crippen molar-refractivity contribution in [1.82, 2.24) is 9.88 Å². The molecule has 3 rings (SSSR count). The molecular formula is C20H22F3N3O2S. The van der Waals surface area contributed by atoms with Crippen LogP contribution in [0.1, 0.15) is 53.7 Å². The van der Waals surface area contributed by atoms with Gasteiger partial charge < -0.3 is 10.2 Å². The molecule has 1 aromatic heterocycles. The van der Waals surface area contributed by atoms with E-state index >= 15 is 0 Å². The summed E-state index contributed by atoms with van der Waals surface area (Å²) in [5.74, 6) is -0.804. The Morgan fingerprint density at radius 2 is 1.83 bits per heavy atom. The first-order chi connectivity index (χ1) is 13.7. The zero-order valence-electron chi connectivity index (χ0n) is 16.0. The summed E-state index contributed by atoms with van der Waals surface area (Å²) in [5.41, 5.74) is 0.117. The molecule has 1 aromatic carbocycles. The van der Waals surface area contributed by atoms with E-state index in [0.717, 1.165) is 49.9 Å². The first kappa shape index (κ1) is 21.3. The molecule has 0 atom stereocenters. The number of benzene rings is 1. The van der Waals surface area contributed by atoms with E-state index in [0.29, 0.717) is 5.13 Å².